The van der Waals surface area contributed by atoms with Crippen LogP contribution >= 0.6 is 0 Å². The predicted octanol–water partition coefficient (Wildman–Crippen LogP) is 2.57. The van der Waals surface area contributed by atoms with Crippen molar-refractivity contribution in [3.05, 3.63) is 0 Å². The Morgan fingerprint density at radius 3 is 1.87 bits per heavy atom. The van der Waals surface area contributed by atoms with Gasteiger partial charge in [0.05, 0.1) is 12.2 Å². The third kappa shape index (κ3) is 1.31. The molecular weight excluding hydrogens is 186 g/mol. The summed E-state index contributed by atoms with van der Waals surface area (Å²) in [5, 5.41) is 0. The van der Waals surface area contributed by atoms with Gasteiger partial charge in [-0.2, -0.15) is 0 Å². The van der Waals surface area contributed by atoms with Crippen LogP contribution in [0.15, 0.2) is 0 Å². The molecule has 0 aromatic carbocycles. The van der Waals surface area contributed by atoms with Crippen molar-refractivity contribution in [3.8, 4) is 0 Å². The van der Waals surface area contributed by atoms with Crippen molar-refractivity contribution in [1.82, 2.24) is 0 Å². The summed E-state index contributed by atoms with van der Waals surface area (Å²) in [5.74, 6) is 1.21. The number of hydrogen-bond donors (Lipinski definition) is 1. The molecule has 0 bridgehead atoms. The molecule has 2 nitrogen and oxygen atoms in total. The van der Waals surface area contributed by atoms with Gasteiger partial charge in [-0.15, -0.1) is 0 Å². The van der Waals surface area contributed by atoms with Gasteiger partial charge >= 0.3 is 0 Å². The molecule has 1 spiro atoms. The maximum absolute atomic E-state index is 6.53. The fraction of sp³-hybridized carbons (Fsp3) is 1.00. The fourth-order valence-corrected chi connectivity index (χ4v) is 3.64. The molecule has 1 unspecified atom stereocenters. The summed E-state index contributed by atoms with van der Waals surface area (Å²) < 4.78 is 6.10. The third-order valence-electron chi connectivity index (χ3n) is 5.11. The lowest BCUT2D eigenvalue weighted by Crippen LogP contribution is -2.58. The molecule has 2 rings (SSSR count). The molecule has 0 aromatic rings. The average Bonchev–Trinajstić information content (AvgIpc) is 2.38. The smallest absolute Gasteiger partial charge is 0.0839 e. The van der Waals surface area contributed by atoms with Crippen LogP contribution in [0.3, 0.4) is 0 Å². The van der Waals surface area contributed by atoms with Crippen LogP contribution in [0.1, 0.15) is 47.0 Å². The monoisotopic (exact) mass is 211 g/mol. The number of ether oxygens (including phenoxy) is 1. The van der Waals surface area contributed by atoms with Gasteiger partial charge in [0, 0.05) is 11.5 Å². The van der Waals surface area contributed by atoms with Crippen molar-refractivity contribution in [3.63, 3.8) is 0 Å². The van der Waals surface area contributed by atoms with E-state index in [1.54, 1.807) is 0 Å². The van der Waals surface area contributed by atoms with Crippen LogP contribution in [-0.4, -0.2) is 18.2 Å². The van der Waals surface area contributed by atoms with Crippen molar-refractivity contribution in [2.45, 2.75) is 58.6 Å². The van der Waals surface area contributed by atoms with Gasteiger partial charge in [-0.3, -0.25) is 0 Å². The van der Waals surface area contributed by atoms with Gasteiger partial charge in [-0.1, -0.05) is 27.7 Å². The molecule has 1 saturated carbocycles. The van der Waals surface area contributed by atoms with E-state index in [2.05, 4.69) is 27.7 Å². The first kappa shape index (κ1) is 11.4. The normalized spacial score (nSPS) is 32.6. The Balaban J connectivity index is 2.28. The second kappa shape index (κ2) is 3.46. The zero-order valence-electron chi connectivity index (χ0n) is 10.5. The van der Waals surface area contributed by atoms with E-state index in [4.69, 9.17) is 10.5 Å². The molecule has 2 aliphatic rings. The minimum Gasteiger partial charge on any atom is -0.373 e. The summed E-state index contributed by atoms with van der Waals surface area (Å²) in [5.41, 5.74) is 6.78. The average molecular weight is 211 g/mol. The molecule has 88 valence electrons. The highest BCUT2D eigenvalue weighted by Crippen LogP contribution is 2.55. The van der Waals surface area contributed by atoms with Crippen molar-refractivity contribution in [2.75, 3.05) is 6.61 Å². The van der Waals surface area contributed by atoms with E-state index in [0.29, 0.717) is 11.8 Å². The second-order valence-corrected chi connectivity index (χ2v) is 6.11. The van der Waals surface area contributed by atoms with Crippen LogP contribution in [0.5, 0.6) is 0 Å². The first-order chi connectivity index (χ1) is 6.96. The fourth-order valence-electron chi connectivity index (χ4n) is 3.64. The minimum atomic E-state index is 0.0501. The third-order valence-corrected chi connectivity index (χ3v) is 5.11. The molecule has 1 saturated heterocycles. The molecule has 2 N–H and O–H groups in total. The lowest BCUT2D eigenvalue weighted by molar-refractivity contribution is -0.0647. The highest BCUT2D eigenvalue weighted by molar-refractivity contribution is 5.13. The molecule has 2 heteroatoms. The summed E-state index contributed by atoms with van der Waals surface area (Å²) in [7, 11) is 0. The van der Waals surface area contributed by atoms with Gasteiger partial charge in [-0.05, 0) is 31.1 Å². The minimum absolute atomic E-state index is 0.0501. The van der Waals surface area contributed by atoms with Crippen LogP contribution < -0.4 is 5.73 Å². The van der Waals surface area contributed by atoms with Crippen molar-refractivity contribution in [1.29, 1.82) is 0 Å². The first-order valence-electron chi connectivity index (χ1n) is 6.35. The summed E-state index contributed by atoms with van der Waals surface area (Å²) in [6.45, 7) is 10.0. The summed E-state index contributed by atoms with van der Waals surface area (Å²) >= 11 is 0. The number of rotatable bonds is 2. The second-order valence-electron chi connectivity index (χ2n) is 6.11. The molecule has 1 aliphatic carbocycles. The molecular formula is C13H25NO. The van der Waals surface area contributed by atoms with Crippen molar-refractivity contribution in [2.24, 2.45) is 23.0 Å². The van der Waals surface area contributed by atoms with Gasteiger partial charge in [0.1, 0.15) is 0 Å². The molecule has 0 amide bonds. The van der Waals surface area contributed by atoms with E-state index in [0.717, 1.165) is 6.61 Å². The van der Waals surface area contributed by atoms with Gasteiger partial charge in [0.25, 0.3) is 0 Å². The standard InChI is InChI=1S/C13H25NO/c1-9(2)13(10(3)4)8-15-12(11(13)14)6-5-7-12/h9-11H,5-8,14H2,1-4H3. The maximum atomic E-state index is 6.53. The summed E-state index contributed by atoms with van der Waals surface area (Å²) in [6, 6.07) is 0.235. The molecule has 1 aliphatic heterocycles. The highest BCUT2D eigenvalue weighted by Gasteiger charge is 2.60. The van der Waals surface area contributed by atoms with E-state index < -0.39 is 0 Å². The number of nitrogens with two attached hydrogens (primary N) is 1. The lowest BCUT2D eigenvalue weighted by atomic mass is 9.59. The van der Waals surface area contributed by atoms with E-state index in [-0.39, 0.29) is 17.1 Å². The van der Waals surface area contributed by atoms with E-state index in [1.165, 1.54) is 19.3 Å². The zero-order chi connectivity index (χ0) is 11.3. The number of hydrogen-bond acceptors (Lipinski definition) is 2. The molecule has 0 radical (unpaired) electrons. The topological polar surface area (TPSA) is 35.2 Å². The van der Waals surface area contributed by atoms with Crippen molar-refractivity contribution < 1.29 is 4.74 Å². The van der Waals surface area contributed by atoms with Gasteiger partial charge in [0.2, 0.25) is 0 Å². The summed E-state index contributed by atoms with van der Waals surface area (Å²) in [6.07, 6.45) is 3.64. The Hall–Kier alpha value is -0.0800. The SMILES string of the molecule is CC(C)C1(C(C)C)COC2(CCC2)C1N. The Morgan fingerprint density at radius 2 is 1.67 bits per heavy atom. The van der Waals surface area contributed by atoms with Gasteiger partial charge in [0.15, 0.2) is 0 Å². The predicted molar refractivity (Wildman–Crippen MR) is 62.6 cm³/mol. The highest BCUT2D eigenvalue weighted by atomic mass is 16.5. The Labute approximate surface area is 93.6 Å². The van der Waals surface area contributed by atoms with E-state index >= 15 is 0 Å². The van der Waals surface area contributed by atoms with Crippen LogP contribution in [0.2, 0.25) is 0 Å². The van der Waals surface area contributed by atoms with Crippen LogP contribution in [0.25, 0.3) is 0 Å². The van der Waals surface area contributed by atoms with Gasteiger partial charge < -0.3 is 10.5 Å². The first-order valence-corrected chi connectivity index (χ1v) is 6.35. The Morgan fingerprint density at radius 1 is 1.13 bits per heavy atom. The molecule has 15 heavy (non-hydrogen) atoms. The Bertz CT molecular complexity index is 235. The lowest BCUT2D eigenvalue weighted by Gasteiger charge is -2.47. The van der Waals surface area contributed by atoms with Crippen LogP contribution in [0, 0.1) is 17.3 Å². The van der Waals surface area contributed by atoms with Crippen molar-refractivity contribution >= 4 is 0 Å². The molecule has 2 fully saturated rings. The summed E-state index contributed by atoms with van der Waals surface area (Å²) in [4.78, 5) is 0. The largest absolute Gasteiger partial charge is 0.373 e. The van der Waals surface area contributed by atoms with Crippen LogP contribution in [-0.2, 0) is 4.74 Å². The van der Waals surface area contributed by atoms with E-state index in [1.807, 2.05) is 0 Å². The maximum Gasteiger partial charge on any atom is 0.0839 e. The molecule has 0 aromatic heterocycles. The Kier molecular flexibility index (Phi) is 2.63. The molecule has 1 atom stereocenters. The van der Waals surface area contributed by atoms with E-state index in [9.17, 15) is 0 Å². The quantitative estimate of drug-likeness (QED) is 0.762. The molecule has 1 heterocycles. The van der Waals surface area contributed by atoms with Gasteiger partial charge in [-0.25, -0.2) is 0 Å². The zero-order valence-corrected chi connectivity index (χ0v) is 10.5. The van der Waals surface area contributed by atoms with Crippen LogP contribution in [0.4, 0.5) is 0 Å².